The van der Waals surface area contributed by atoms with Gasteiger partial charge >= 0.3 is 0 Å². The van der Waals surface area contributed by atoms with Crippen LogP contribution in [0, 0.1) is 5.92 Å². The van der Waals surface area contributed by atoms with Crippen molar-refractivity contribution >= 4 is 46.0 Å². The molecule has 3 aromatic rings. The summed E-state index contributed by atoms with van der Waals surface area (Å²) < 4.78 is 16.3. The van der Waals surface area contributed by atoms with E-state index in [4.69, 9.17) is 37.4 Å². The largest absolute Gasteiger partial charge is 0.495 e. The molecule has 4 rings (SSSR count). The number of hydrogen-bond donors (Lipinski definition) is 2. The maximum Gasteiger partial charge on any atom is 0.243 e. The zero-order chi connectivity index (χ0) is 24.2. The minimum atomic E-state index is -0.216. The maximum atomic E-state index is 11.6. The van der Waals surface area contributed by atoms with E-state index < -0.39 is 0 Å². The van der Waals surface area contributed by atoms with Crippen molar-refractivity contribution in [1.29, 1.82) is 0 Å². The predicted octanol–water partition coefficient (Wildman–Crippen LogP) is 4.35. The van der Waals surface area contributed by atoms with Crippen LogP contribution < -0.4 is 20.1 Å². The normalized spacial score (nSPS) is 17.4. The van der Waals surface area contributed by atoms with E-state index in [0.717, 1.165) is 16.5 Å². The smallest absolute Gasteiger partial charge is 0.243 e. The highest BCUT2D eigenvalue weighted by Crippen LogP contribution is 2.46. The van der Waals surface area contributed by atoms with Crippen LogP contribution in [0.25, 0.3) is 22.0 Å². The lowest BCUT2D eigenvalue weighted by molar-refractivity contribution is -0.117. The topological polar surface area (TPSA) is 94.6 Å². The van der Waals surface area contributed by atoms with E-state index in [0.29, 0.717) is 52.8 Å². The lowest BCUT2D eigenvalue weighted by Crippen LogP contribution is -2.41. The average Bonchev–Trinajstić information content (AvgIpc) is 3.29. The maximum absolute atomic E-state index is 11.6. The van der Waals surface area contributed by atoms with E-state index in [-0.39, 0.29) is 17.9 Å². The Hall–Kier alpha value is -3.07. The Kier molecular flexibility index (Phi) is 7.41. The molecule has 1 aliphatic rings. The SMILES string of the molecule is C=CC(=O)N[C@@H]1COCC1CNc1ncc2cc(-c3c(Cl)c(OC)cc(OC)c3Cl)ccc2n1. The van der Waals surface area contributed by atoms with Crippen LogP contribution in [-0.2, 0) is 9.53 Å². The summed E-state index contributed by atoms with van der Waals surface area (Å²) in [4.78, 5) is 20.7. The second kappa shape index (κ2) is 10.5. The number of nitrogens with one attached hydrogen (secondary N) is 2. The Bertz CT molecular complexity index is 1210. The summed E-state index contributed by atoms with van der Waals surface area (Å²) in [6.45, 7) is 5.05. The Balaban J connectivity index is 1.55. The molecule has 2 aromatic carbocycles. The number of benzene rings is 2. The lowest BCUT2D eigenvalue weighted by Gasteiger charge is -2.18. The van der Waals surface area contributed by atoms with Crippen LogP contribution in [0.4, 0.5) is 5.95 Å². The van der Waals surface area contributed by atoms with Crippen LogP contribution >= 0.6 is 23.2 Å². The van der Waals surface area contributed by atoms with Gasteiger partial charge in [0.1, 0.15) is 11.5 Å². The minimum absolute atomic E-state index is 0.0876. The molecule has 1 unspecified atom stereocenters. The summed E-state index contributed by atoms with van der Waals surface area (Å²) in [7, 11) is 3.07. The van der Waals surface area contributed by atoms with E-state index in [1.807, 2.05) is 18.2 Å². The van der Waals surface area contributed by atoms with E-state index in [9.17, 15) is 4.79 Å². The molecule has 0 bridgehead atoms. The van der Waals surface area contributed by atoms with Gasteiger partial charge in [-0.15, -0.1) is 0 Å². The highest BCUT2D eigenvalue weighted by molar-refractivity contribution is 6.41. The number of methoxy groups -OCH3 is 2. The van der Waals surface area contributed by atoms with Crippen LogP contribution in [0.15, 0.2) is 43.1 Å². The quantitative estimate of drug-likeness (QED) is 0.442. The molecule has 8 nitrogen and oxygen atoms in total. The molecule has 0 radical (unpaired) electrons. The molecule has 1 saturated heterocycles. The van der Waals surface area contributed by atoms with E-state index in [2.05, 4.69) is 27.2 Å². The van der Waals surface area contributed by atoms with Gasteiger partial charge in [0.2, 0.25) is 11.9 Å². The zero-order valence-electron chi connectivity index (χ0n) is 18.7. The summed E-state index contributed by atoms with van der Waals surface area (Å²) in [5.41, 5.74) is 2.15. The number of fused-ring (bicyclic) bond motifs is 1. The van der Waals surface area contributed by atoms with Gasteiger partial charge in [-0.1, -0.05) is 35.8 Å². The molecule has 0 aliphatic carbocycles. The first-order chi connectivity index (χ1) is 16.4. The minimum Gasteiger partial charge on any atom is -0.495 e. The van der Waals surface area contributed by atoms with Gasteiger partial charge in [-0.25, -0.2) is 9.97 Å². The first-order valence-electron chi connectivity index (χ1n) is 10.6. The van der Waals surface area contributed by atoms with Gasteiger partial charge in [0.05, 0.1) is 49.0 Å². The van der Waals surface area contributed by atoms with Crippen LogP contribution in [-0.4, -0.2) is 55.9 Å². The van der Waals surface area contributed by atoms with Gasteiger partial charge in [0.25, 0.3) is 0 Å². The Morgan fingerprint density at radius 1 is 1.21 bits per heavy atom. The fraction of sp³-hybridized carbons (Fsp3) is 0.292. The number of anilines is 1. The number of hydrogen-bond acceptors (Lipinski definition) is 7. The van der Waals surface area contributed by atoms with Gasteiger partial charge in [0, 0.05) is 35.7 Å². The molecule has 0 spiro atoms. The van der Waals surface area contributed by atoms with Crippen molar-refractivity contribution < 1.29 is 19.0 Å². The molecule has 0 saturated carbocycles. The first kappa shape index (κ1) is 24.1. The standard InChI is InChI=1S/C24H24Cl2N4O4/c1-4-20(31)29-17-12-34-11-15(17)10-28-24-27-9-14-7-13(5-6-16(14)30-24)21-22(25)18(32-2)8-19(33-3)23(21)26/h4-9,15,17H,1,10-12H2,2-3H3,(H,29,31)(H,27,28,30)/t15?,17-/m1/s1. The number of ether oxygens (including phenoxy) is 3. The summed E-state index contributed by atoms with van der Waals surface area (Å²) in [5, 5.41) is 7.73. The molecule has 10 heteroatoms. The van der Waals surface area contributed by atoms with Crippen molar-refractivity contribution in [3.63, 3.8) is 0 Å². The third-order valence-corrected chi connectivity index (χ3v) is 6.43. The Labute approximate surface area is 207 Å². The first-order valence-corrected chi connectivity index (χ1v) is 11.3. The third kappa shape index (κ3) is 4.89. The van der Waals surface area contributed by atoms with Gasteiger partial charge in [0.15, 0.2) is 0 Å². The molecule has 178 valence electrons. The molecule has 2 heterocycles. The molecule has 1 aliphatic heterocycles. The Morgan fingerprint density at radius 2 is 1.94 bits per heavy atom. The number of aromatic nitrogens is 2. The lowest BCUT2D eigenvalue weighted by atomic mass is 10.0. The predicted molar refractivity (Wildman–Crippen MR) is 133 cm³/mol. The monoisotopic (exact) mass is 502 g/mol. The number of amides is 1. The van der Waals surface area contributed by atoms with Crippen molar-refractivity contribution in [2.45, 2.75) is 6.04 Å². The van der Waals surface area contributed by atoms with Crippen LogP contribution in [0.1, 0.15) is 0 Å². The average molecular weight is 503 g/mol. The van der Waals surface area contributed by atoms with Crippen molar-refractivity contribution in [2.24, 2.45) is 5.92 Å². The van der Waals surface area contributed by atoms with Gasteiger partial charge < -0.3 is 24.8 Å². The number of halogens is 2. The number of carbonyl (C=O) groups excluding carboxylic acids is 1. The number of nitrogens with zero attached hydrogens (tertiary/aromatic N) is 2. The zero-order valence-corrected chi connectivity index (χ0v) is 20.2. The molecule has 2 N–H and O–H groups in total. The van der Waals surface area contributed by atoms with E-state index in [1.54, 1.807) is 12.3 Å². The number of carbonyl (C=O) groups is 1. The van der Waals surface area contributed by atoms with Crippen molar-refractivity contribution in [3.05, 3.63) is 53.2 Å². The van der Waals surface area contributed by atoms with E-state index in [1.165, 1.54) is 20.3 Å². The summed E-state index contributed by atoms with van der Waals surface area (Å²) >= 11 is 13.1. The van der Waals surface area contributed by atoms with E-state index >= 15 is 0 Å². The molecule has 1 amide bonds. The fourth-order valence-electron chi connectivity index (χ4n) is 3.84. The highest BCUT2D eigenvalue weighted by atomic mass is 35.5. The molecule has 2 atom stereocenters. The van der Waals surface area contributed by atoms with Gasteiger partial charge in [-0.05, 0) is 23.8 Å². The summed E-state index contributed by atoms with van der Waals surface area (Å²) in [5.74, 6) is 1.30. The van der Waals surface area contributed by atoms with Crippen LogP contribution in [0.2, 0.25) is 10.0 Å². The van der Waals surface area contributed by atoms with Crippen LogP contribution in [0.5, 0.6) is 11.5 Å². The molecule has 34 heavy (non-hydrogen) atoms. The summed E-state index contributed by atoms with van der Waals surface area (Å²) in [6.07, 6.45) is 2.99. The van der Waals surface area contributed by atoms with Crippen molar-refractivity contribution in [3.8, 4) is 22.6 Å². The number of rotatable bonds is 8. The molecule has 1 fully saturated rings. The van der Waals surface area contributed by atoms with Crippen molar-refractivity contribution in [2.75, 3.05) is 39.3 Å². The molecular formula is C24H24Cl2N4O4. The van der Waals surface area contributed by atoms with Gasteiger partial charge in [-0.3, -0.25) is 4.79 Å². The highest BCUT2D eigenvalue weighted by Gasteiger charge is 2.29. The second-order valence-electron chi connectivity index (χ2n) is 7.75. The summed E-state index contributed by atoms with van der Waals surface area (Å²) in [6, 6.07) is 7.24. The van der Waals surface area contributed by atoms with Crippen molar-refractivity contribution in [1.82, 2.24) is 15.3 Å². The molecular weight excluding hydrogens is 479 g/mol. The Morgan fingerprint density at radius 3 is 2.62 bits per heavy atom. The van der Waals surface area contributed by atoms with Crippen LogP contribution in [0.3, 0.4) is 0 Å². The molecule has 1 aromatic heterocycles. The second-order valence-corrected chi connectivity index (χ2v) is 8.50. The third-order valence-electron chi connectivity index (χ3n) is 5.68. The van der Waals surface area contributed by atoms with Gasteiger partial charge in [-0.2, -0.15) is 0 Å². The fourth-order valence-corrected chi connectivity index (χ4v) is 4.56.